The summed E-state index contributed by atoms with van der Waals surface area (Å²) >= 11 is 0. The molecule has 3 unspecified atom stereocenters. The molecule has 3 heterocycles. The van der Waals surface area contributed by atoms with E-state index >= 15 is 0 Å². The number of hydrogen-bond donors (Lipinski definition) is 1. The minimum absolute atomic E-state index is 0. The molecule has 1 radical (unpaired) electrons. The van der Waals surface area contributed by atoms with Crippen molar-refractivity contribution < 1.29 is 47.0 Å². The minimum Gasteiger partial charge on any atom is -0.393 e. The summed E-state index contributed by atoms with van der Waals surface area (Å²) in [6, 6.07) is 1.12. The van der Waals surface area contributed by atoms with Gasteiger partial charge in [0, 0.05) is 45.6 Å². The molecule has 0 aromatic rings. The first-order chi connectivity index (χ1) is 5.60. The van der Waals surface area contributed by atoms with Gasteiger partial charge in [0.05, 0.1) is 20.2 Å². The summed E-state index contributed by atoms with van der Waals surface area (Å²) in [5.41, 5.74) is 0. The van der Waals surface area contributed by atoms with E-state index in [-0.39, 0.29) is 46.2 Å². The normalized spacial score (nSPS) is 51.2. The number of ether oxygens (including phenoxy) is 1. The van der Waals surface area contributed by atoms with Crippen molar-refractivity contribution in [2.45, 2.75) is 50.7 Å². The van der Waals surface area contributed by atoms with Gasteiger partial charge in [-0.15, -0.1) is 0 Å². The SMILES string of the molecule is C.C[N+]1(C)C2CC(O)C[C@H]1[C@H]1OC21.[Y]. The van der Waals surface area contributed by atoms with E-state index in [1.807, 2.05) is 0 Å². The molecule has 3 aliphatic rings. The van der Waals surface area contributed by atoms with Crippen molar-refractivity contribution in [2.24, 2.45) is 0 Å². The van der Waals surface area contributed by atoms with Crippen molar-refractivity contribution in [2.75, 3.05) is 14.1 Å². The standard InChI is InChI=1S/C9H16NO2.CH4.Y/c1-10(2)6-3-5(11)4-7(10)9-8(6)12-9;;/h5-9,11H,3-4H2,1-2H3;1H4;/q+1;;/t5?,6-,7?,8+,9?;;/m0../s1. The predicted octanol–water partition coefficient (Wildman–Crippen LogP) is 0.369. The third kappa shape index (κ3) is 1.52. The molecule has 4 heteroatoms. The van der Waals surface area contributed by atoms with Gasteiger partial charge in [-0.2, -0.15) is 0 Å². The summed E-state index contributed by atoms with van der Waals surface area (Å²) in [4.78, 5) is 0. The third-order valence-electron chi connectivity index (χ3n) is 4.06. The van der Waals surface area contributed by atoms with E-state index in [1.54, 1.807) is 0 Å². The third-order valence-corrected chi connectivity index (χ3v) is 4.06. The van der Waals surface area contributed by atoms with Crippen molar-refractivity contribution in [3.05, 3.63) is 0 Å². The van der Waals surface area contributed by atoms with Crippen LogP contribution >= 0.6 is 0 Å². The summed E-state index contributed by atoms with van der Waals surface area (Å²) in [6.45, 7) is 0. The molecular formula is C10H20NO2Y+. The fraction of sp³-hybridized carbons (Fsp3) is 1.00. The molecule has 0 saturated carbocycles. The molecule has 3 rings (SSSR count). The van der Waals surface area contributed by atoms with Crippen LogP contribution in [0.25, 0.3) is 0 Å². The zero-order valence-electron chi connectivity index (χ0n) is 8.18. The molecule has 0 spiro atoms. The number of epoxide rings is 1. The smallest absolute Gasteiger partial charge is 0.142 e. The molecule has 3 saturated heterocycles. The molecule has 0 aromatic heterocycles. The maximum absolute atomic E-state index is 9.60. The number of quaternary nitrogens is 1. The fourth-order valence-corrected chi connectivity index (χ4v) is 3.22. The number of piperidine rings is 1. The van der Waals surface area contributed by atoms with Crippen LogP contribution in [0, 0.1) is 0 Å². The first kappa shape index (κ1) is 13.1. The summed E-state index contributed by atoms with van der Waals surface area (Å²) in [5.74, 6) is 0. The minimum atomic E-state index is -0.0671. The van der Waals surface area contributed by atoms with Gasteiger partial charge in [-0.25, -0.2) is 0 Å². The molecule has 0 aromatic carbocycles. The number of nitrogens with zero attached hydrogens (tertiary/aromatic N) is 1. The molecule has 1 N–H and O–H groups in total. The first-order valence-corrected chi connectivity index (χ1v) is 4.77. The maximum atomic E-state index is 9.60. The van der Waals surface area contributed by atoms with Gasteiger partial charge in [0.25, 0.3) is 0 Å². The van der Waals surface area contributed by atoms with E-state index in [0.29, 0.717) is 24.3 Å². The number of aliphatic hydroxyl groups is 1. The Bertz CT molecular complexity index is 214. The molecule has 0 aliphatic carbocycles. The van der Waals surface area contributed by atoms with E-state index in [2.05, 4.69) is 14.1 Å². The average Bonchev–Trinajstić information content (AvgIpc) is 2.66. The fourth-order valence-electron chi connectivity index (χ4n) is 3.22. The summed E-state index contributed by atoms with van der Waals surface area (Å²) in [7, 11) is 4.55. The summed E-state index contributed by atoms with van der Waals surface area (Å²) in [5, 5.41) is 9.60. The van der Waals surface area contributed by atoms with Crippen LogP contribution in [0.15, 0.2) is 0 Å². The molecule has 79 valence electrons. The van der Waals surface area contributed by atoms with Crippen LogP contribution in [-0.4, -0.2) is 54.1 Å². The Labute approximate surface area is 111 Å². The quantitative estimate of drug-likeness (QED) is 0.512. The maximum Gasteiger partial charge on any atom is 0.142 e. The van der Waals surface area contributed by atoms with E-state index < -0.39 is 0 Å². The number of fused-ring (bicyclic) bond motifs is 5. The predicted molar refractivity (Wildman–Crippen MR) is 50.3 cm³/mol. The Balaban J connectivity index is 0.000000490. The van der Waals surface area contributed by atoms with Gasteiger partial charge in [0.15, 0.2) is 0 Å². The number of morpholine rings is 1. The molecule has 0 amide bonds. The topological polar surface area (TPSA) is 32.8 Å². The van der Waals surface area contributed by atoms with Crippen LogP contribution in [0.3, 0.4) is 0 Å². The Hall–Kier alpha value is 0.984. The van der Waals surface area contributed by atoms with Gasteiger partial charge in [-0.3, -0.25) is 0 Å². The summed E-state index contributed by atoms with van der Waals surface area (Å²) < 4.78 is 6.65. The largest absolute Gasteiger partial charge is 0.393 e. The van der Waals surface area contributed by atoms with Gasteiger partial charge in [-0.05, 0) is 0 Å². The van der Waals surface area contributed by atoms with Crippen molar-refractivity contribution in [1.82, 2.24) is 0 Å². The van der Waals surface area contributed by atoms with Gasteiger partial charge < -0.3 is 14.3 Å². The van der Waals surface area contributed by atoms with Crippen molar-refractivity contribution in [1.29, 1.82) is 0 Å². The number of aliphatic hydroxyl groups excluding tert-OH is 1. The monoisotopic (exact) mass is 275 g/mol. The van der Waals surface area contributed by atoms with Gasteiger partial charge in [-0.1, -0.05) is 7.43 Å². The number of rotatable bonds is 0. The second-order valence-corrected chi connectivity index (χ2v) is 4.95. The molecule has 5 atom stereocenters. The van der Waals surface area contributed by atoms with E-state index in [0.717, 1.165) is 17.3 Å². The molecule has 3 nitrogen and oxygen atoms in total. The van der Waals surface area contributed by atoms with Gasteiger partial charge in [0.2, 0.25) is 0 Å². The van der Waals surface area contributed by atoms with E-state index in [1.165, 1.54) is 0 Å². The first-order valence-electron chi connectivity index (χ1n) is 4.77. The second kappa shape index (κ2) is 3.78. The second-order valence-electron chi connectivity index (χ2n) is 4.95. The Morgan fingerprint density at radius 3 is 2.00 bits per heavy atom. The van der Waals surface area contributed by atoms with Crippen LogP contribution in [0.4, 0.5) is 0 Å². The van der Waals surface area contributed by atoms with Crippen LogP contribution in [0.2, 0.25) is 0 Å². The van der Waals surface area contributed by atoms with E-state index in [4.69, 9.17) is 4.74 Å². The van der Waals surface area contributed by atoms with Crippen LogP contribution in [-0.2, 0) is 37.4 Å². The van der Waals surface area contributed by atoms with Crippen LogP contribution in [0.1, 0.15) is 20.3 Å². The molecular weight excluding hydrogens is 255 g/mol. The number of hydrogen-bond acceptors (Lipinski definition) is 2. The van der Waals surface area contributed by atoms with Crippen molar-refractivity contribution >= 4 is 0 Å². The Morgan fingerprint density at radius 2 is 1.57 bits per heavy atom. The van der Waals surface area contributed by atoms with E-state index in [9.17, 15) is 5.11 Å². The summed E-state index contributed by atoms with van der Waals surface area (Å²) in [6.07, 6.45) is 2.75. The van der Waals surface area contributed by atoms with Crippen LogP contribution in [0.5, 0.6) is 0 Å². The van der Waals surface area contributed by atoms with Crippen molar-refractivity contribution in [3.8, 4) is 0 Å². The molecule has 2 bridgehead atoms. The van der Waals surface area contributed by atoms with Crippen LogP contribution < -0.4 is 0 Å². The molecule has 3 aliphatic heterocycles. The zero-order valence-corrected chi connectivity index (χ0v) is 11.0. The number of likely N-dealkylation sites (N-methyl/N-ethyl adjacent to an activating group) is 1. The van der Waals surface area contributed by atoms with Gasteiger partial charge in [0.1, 0.15) is 24.3 Å². The van der Waals surface area contributed by atoms with Crippen molar-refractivity contribution in [3.63, 3.8) is 0 Å². The zero-order chi connectivity index (χ0) is 8.51. The average molecular weight is 275 g/mol. The van der Waals surface area contributed by atoms with Gasteiger partial charge >= 0.3 is 0 Å². The molecule has 14 heavy (non-hydrogen) atoms. The Kier molecular flexibility index (Phi) is 3.52. The molecule has 3 fully saturated rings. The Morgan fingerprint density at radius 1 is 1.14 bits per heavy atom.